The quantitative estimate of drug-likeness (QED) is 0.282. The number of pyridine rings is 1. The summed E-state index contributed by atoms with van der Waals surface area (Å²) in [6.07, 6.45) is 3.64. The summed E-state index contributed by atoms with van der Waals surface area (Å²) in [5.41, 5.74) is 1.22. The first kappa shape index (κ1) is 13.5. The third-order valence-corrected chi connectivity index (χ3v) is 3.20. The normalized spacial score (nSPS) is 10.6. The van der Waals surface area contributed by atoms with Crippen LogP contribution in [0, 0.1) is 0 Å². The van der Waals surface area contributed by atoms with E-state index in [4.69, 9.17) is 4.42 Å². The molecule has 3 rings (SSSR count). The fourth-order valence-corrected chi connectivity index (χ4v) is 2.24. The van der Waals surface area contributed by atoms with Crippen LogP contribution in [-0.2, 0) is 7.05 Å². The second kappa shape index (κ2) is 4.97. The number of benzene rings is 1. The van der Waals surface area contributed by atoms with E-state index in [1.807, 2.05) is 23.9 Å². The number of nitrogens with zero attached hydrogens (tertiary/aromatic N) is 1. The molecule has 2 heterocycles. The van der Waals surface area contributed by atoms with Crippen molar-refractivity contribution in [3.8, 4) is 0 Å². The Kier molecular flexibility index (Phi) is 3.72. The van der Waals surface area contributed by atoms with E-state index in [0.717, 1.165) is 4.47 Å². The molecule has 3 aromatic rings. The highest BCUT2D eigenvalue weighted by Crippen LogP contribution is 2.20. The molecule has 0 fully saturated rings. The summed E-state index contributed by atoms with van der Waals surface area (Å²) in [4.78, 5) is 12.3. The van der Waals surface area contributed by atoms with Crippen molar-refractivity contribution >= 4 is 37.9 Å². The van der Waals surface area contributed by atoms with E-state index in [-0.39, 0.29) is 29.4 Å². The maximum Gasteiger partial charge on any atom is 0.206 e. The third-order valence-electron chi connectivity index (χ3n) is 2.71. The first-order valence-electron chi connectivity index (χ1n) is 5.16. The average molecular weight is 418 g/mol. The molecule has 0 radical (unpaired) electrons. The molecule has 1 aromatic carbocycles. The van der Waals surface area contributed by atoms with Gasteiger partial charge < -0.3 is 28.4 Å². The zero-order valence-corrected chi connectivity index (χ0v) is 13.2. The highest BCUT2D eigenvalue weighted by Gasteiger charge is 2.10. The SMILES string of the molecule is C[n+]1ccc2oc3ccc(Br)cc3c(=O)c2c1.[I-]. The van der Waals surface area contributed by atoms with Gasteiger partial charge in [0.25, 0.3) is 0 Å². The molecule has 0 atom stereocenters. The molecule has 0 spiro atoms. The van der Waals surface area contributed by atoms with Crippen LogP contribution in [0.3, 0.4) is 0 Å². The Morgan fingerprint density at radius 2 is 1.89 bits per heavy atom. The van der Waals surface area contributed by atoms with Crippen LogP contribution in [-0.4, -0.2) is 0 Å². The van der Waals surface area contributed by atoms with Crippen LogP contribution in [0.4, 0.5) is 0 Å². The van der Waals surface area contributed by atoms with Crippen molar-refractivity contribution < 1.29 is 33.0 Å². The second-order valence-electron chi connectivity index (χ2n) is 3.96. The van der Waals surface area contributed by atoms with Gasteiger partial charge in [0.2, 0.25) is 5.43 Å². The highest BCUT2D eigenvalue weighted by molar-refractivity contribution is 9.10. The lowest BCUT2D eigenvalue weighted by Gasteiger charge is -2.00. The van der Waals surface area contributed by atoms with Gasteiger partial charge in [-0.25, -0.2) is 4.57 Å². The van der Waals surface area contributed by atoms with E-state index in [1.165, 1.54) is 0 Å². The van der Waals surface area contributed by atoms with Gasteiger partial charge in [0.05, 0.1) is 5.39 Å². The summed E-state index contributed by atoms with van der Waals surface area (Å²) in [5.74, 6) is 0. The van der Waals surface area contributed by atoms with E-state index in [2.05, 4.69) is 15.9 Å². The number of hydrogen-bond donors (Lipinski definition) is 0. The molecule has 5 heteroatoms. The fourth-order valence-electron chi connectivity index (χ4n) is 1.88. The minimum Gasteiger partial charge on any atom is -1.00 e. The minimum atomic E-state index is -0.00116. The lowest BCUT2D eigenvalue weighted by atomic mass is 10.2. The van der Waals surface area contributed by atoms with Crippen molar-refractivity contribution in [3.05, 3.63) is 51.4 Å². The van der Waals surface area contributed by atoms with Crippen LogP contribution in [0.5, 0.6) is 0 Å². The molecule has 0 unspecified atom stereocenters. The summed E-state index contributed by atoms with van der Waals surface area (Å²) >= 11 is 3.36. The van der Waals surface area contributed by atoms with Crippen molar-refractivity contribution in [2.45, 2.75) is 0 Å². The summed E-state index contributed by atoms with van der Waals surface area (Å²) in [5, 5.41) is 1.19. The summed E-state index contributed by atoms with van der Waals surface area (Å²) in [6.45, 7) is 0. The zero-order valence-electron chi connectivity index (χ0n) is 9.48. The number of aryl methyl sites for hydroxylation is 1. The van der Waals surface area contributed by atoms with Gasteiger partial charge in [-0.1, -0.05) is 15.9 Å². The van der Waals surface area contributed by atoms with Gasteiger partial charge >= 0.3 is 0 Å². The molecule has 18 heavy (non-hydrogen) atoms. The topological polar surface area (TPSA) is 34.1 Å². The van der Waals surface area contributed by atoms with Crippen molar-refractivity contribution in [2.75, 3.05) is 0 Å². The van der Waals surface area contributed by atoms with E-state index in [1.54, 1.807) is 24.4 Å². The third kappa shape index (κ3) is 2.16. The Balaban J connectivity index is 0.00000120. The maximum absolute atomic E-state index is 12.3. The molecule has 2 aromatic heterocycles. The Morgan fingerprint density at radius 3 is 2.67 bits per heavy atom. The number of halogens is 2. The van der Waals surface area contributed by atoms with Gasteiger partial charge in [-0.2, -0.15) is 0 Å². The Hall–Kier alpha value is -0.950. The number of hydrogen-bond acceptors (Lipinski definition) is 2. The largest absolute Gasteiger partial charge is 1.00 e. The molecule has 0 amide bonds. The average Bonchev–Trinajstić information content (AvgIpc) is 2.32. The van der Waals surface area contributed by atoms with Crippen molar-refractivity contribution in [2.24, 2.45) is 7.05 Å². The minimum absolute atomic E-state index is 0. The monoisotopic (exact) mass is 417 g/mol. The lowest BCUT2D eigenvalue weighted by Crippen LogP contribution is -3.00. The van der Waals surface area contributed by atoms with Crippen molar-refractivity contribution in [1.82, 2.24) is 0 Å². The molecule has 0 saturated carbocycles. The molecular weight excluding hydrogens is 409 g/mol. The Bertz CT molecular complexity index is 735. The lowest BCUT2D eigenvalue weighted by molar-refractivity contribution is -0.670. The van der Waals surface area contributed by atoms with Gasteiger partial charge in [-0.15, -0.1) is 0 Å². The molecular formula is C13H9BrINO2. The van der Waals surface area contributed by atoms with Crippen LogP contribution in [0.25, 0.3) is 21.9 Å². The van der Waals surface area contributed by atoms with Crippen molar-refractivity contribution in [3.63, 3.8) is 0 Å². The number of rotatable bonds is 0. The van der Waals surface area contributed by atoms with Gasteiger partial charge in [0.15, 0.2) is 18.0 Å². The van der Waals surface area contributed by atoms with Crippen LogP contribution < -0.4 is 34.0 Å². The highest BCUT2D eigenvalue weighted by atomic mass is 127. The van der Waals surface area contributed by atoms with E-state index >= 15 is 0 Å². The predicted molar refractivity (Wildman–Crippen MR) is 68.9 cm³/mol. The molecule has 3 nitrogen and oxygen atoms in total. The molecule has 0 aliphatic heterocycles. The van der Waals surface area contributed by atoms with Crippen LogP contribution in [0.2, 0.25) is 0 Å². The van der Waals surface area contributed by atoms with Crippen LogP contribution in [0.15, 0.2) is 50.3 Å². The van der Waals surface area contributed by atoms with Gasteiger partial charge in [0, 0.05) is 10.5 Å². The number of fused-ring (bicyclic) bond motifs is 2. The maximum atomic E-state index is 12.3. The van der Waals surface area contributed by atoms with E-state index in [0.29, 0.717) is 21.9 Å². The van der Waals surface area contributed by atoms with Gasteiger partial charge in [0.1, 0.15) is 18.0 Å². The summed E-state index contributed by atoms with van der Waals surface area (Å²) in [6, 6.07) is 7.25. The van der Waals surface area contributed by atoms with Gasteiger partial charge in [-0.3, -0.25) is 4.79 Å². The van der Waals surface area contributed by atoms with Gasteiger partial charge in [-0.05, 0) is 18.2 Å². The Labute approximate surface area is 129 Å². The van der Waals surface area contributed by atoms with E-state index in [9.17, 15) is 4.79 Å². The van der Waals surface area contributed by atoms with Crippen molar-refractivity contribution in [1.29, 1.82) is 0 Å². The summed E-state index contributed by atoms with van der Waals surface area (Å²) < 4.78 is 8.41. The molecule has 0 aliphatic rings. The van der Waals surface area contributed by atoms with Crippen LogP contribution >= 0.6 is 15.9 Å². The Morgan fingerprint density at radius 1 is 1.17 bits per heavy atom. The first-order chi connectivity index (χ1) is 8.15. The summed E-state index contributed by atoms with van der Waals surface area (Å²) in [7, 11) is 1.88. The molecule has 0 bridgehead atoms. The zero-order chi connectivity index (χ0) is 12.0. The number of aromatic nitrogens is 1. The standard InChI is InChI=1S/C13H9BrNO2.HI/c1-15-5-4-12-10(7-15)13(16)9-6-8(14)2-3-11(9)17-12;/h2-7H,1H3;1H/q+1;/p-1. The molecule has 0 N–H and O–H groups in total. The second-order valence-corrected chi connectivity index (χ2v) is 4.88. The predicted octanol–water partition coefficient (Wildman–Crippen LogP) is -0.463. The molecule has 0 aliphatic carbocycles. The first-order valence-corrected chi connectivity index (χ1v) is 5.96. The fraction of sp³-hybridized carbons (Fsp3) is 0.0769. The smallest absolute Gasteiger partial charge is 0.206 e. The molecule has 92 valence electrons. The van der Waals surface area contributed by atoms with Crippen LogP contribution in [0.1, 0.15) is 0 Å². The van der Waals surface area contributed by atoms with E-state index < -0.39 is 0 Å². The molecule has 0 saturated heterocycles.